The lowest BCUT2D eigenvalue weighted by Crippen LogP contribution is -2.53. The number of nitrogens with zero attached hydrogens (tertiary/aromatic N) is 3. The molecule has 0 bridgehead atoms. The Balaban J connectivity index is 2.56. The predicted molar refractivity (Wildman–Crippen MR) is 155 cm³/mol. The van der Waals surface area contributed by atoms with E-state index >= 15 is 0 Å². The summed E-state index contributed by atoms with van der Waals surface area (Å²) >= 11 is 12.3. The Kier molecular flexibility index (Phi) is 11.4. The highest BCUT2D eigenvalue weighted by atomic mass is 35.5. The van der Waals surface area contributed by atoms with Crippen molar-refractivity contribution in [1.29, 1.82) is 0 Å². The van der Waals surface area contributed by atoms with Crippen molar-refractivity contribution in [2.75, 3.05) is 31.5 Å². The molecule has 0 spiro atoms. The van der Waals surface area contributed by atoms with E-state index in [2.05, 4.69) is 5.32 Å². The van der Waals surface area contributed by atoms with Gasteiger partial charge in [0.2, 0.25) is 11.8 Å². The average molecular weight is 586 g/mol. The van der Waals surface area contributed by atoms with Gasteiger partial charge < -0.3 is 10.2 Å². The fourth-order valence-electron chi connectivity index (χ4n) is 3.87. The van der Waals surface area contributed by atoms with Gasteiger partial charge in [0.1, 0.15) is 12.6 Å². The molecule has 2 aromatic rings. The number of carbonyl (C=O) groups is 2. The summed E-state index contributed by atoms with van der Waals surface area (Å²) in [5.41, 5.74) is 2.62. The van der Waals surface area contributed by atoms with E-state index in [1.165, 1.54) is 19.0 Å². The second-order valence-electron chi connectivity index (χ2n) is 9.92. The monoisotopic (exact) mass is 584 g/mol. The summed E-state index contributed by atoms with van der Waals surface area (Å²) in [4.78, 5) is 28.6. The molecule has 0 fully saturated rings. The lowest BCUT2D eigenvalue weighted by Gasteiger charge is -2.34. The molecule has 2 amide bonds. The highest BCUT2D eigenvalue weighted by molar-refractivity contribution is 7.90. The van der Waals surface area contributed by atoms with Gasteiger partial charge in [-0.15, -0.1) is 0 Å². The molecule has 0 aliphatic carbocycles. The van der Waals surface area contributed by atoms with Gasteiger partial charge in [-0.25, -0.2) is 4.31 Å². The highest BCUT2D eigenvalue weighted by Gasteiger charge is 2.34. The van der Waals surface area contributed by atoms with E-state index in [4.69, 9.17) is 23.2 Å². The smallest absolute Gasteiger partial charge is 0.304 e. The van der Waals surface area contributed by atoms with Crippen LogP contribution in [0.3, 0.4) is 0 Å². The van der Waals surface area contributed by atoms with Crippen LogP contribution in [-0.2, 0) is 26.3 Å². The van der Waals surface area contributed by atoms with Gasteiger partial charge in [-0.1, -0.05) is 62.2 Å². The fourth-order valence-corrected chi connectivity index (χ4v) is 5.30. The molecule has 1 N–H and O–H groups in total. The lowest BCUT2D eigenvalue weighted by atomic mass is 10.1. The average Bonchev–Trinajstić information content (AvgIpc) is 2.84. The molecule has 0 heterocycles. The largest absolute Gasteiger partial charge is 0.354 e. The summed E-state index contributed by atoms with van der Waals surface area (Å²) < 4.78 is 29.0. The SMILES string of the molecule is CC[C@H](C(=O)NCC(C)C)N(Cc1ccc(Cl)c(Cl)c1)C(=O)CN(c1cc(C)ccc1C)S(=O)(=O)N(C)C. The van der Waals surface area contributed by atoms with Crippen molar-refractivity contribution in [3.8, 4) is 0 Å². The first kappa shape index (κ1) is 31.9. The van der Waals surface area contributed by atoms with Gasteiger partial charge in [0.25, 0.3) is 0 Å². The maximum atomic E-state index is 14.0. The van der Waals surface area contributed by atoms with E-state index in [0.717, 1.165) is 14.2 Å². The molecular weight excluding hydrogens is 547 g/mol. The summed E-state index contributed by atoms with van der Waals surface area (Å²) in [5, 5.41) is 3.59. The molecule has 210 valence electrons. The van der Waals surface area contributed by atoms with E-state index in [1.807, 2.05) is 39.8 Å². The Morgan fingerprint density at radius 1 is 1.00 bits per heavy atom. The van der Waals surface area contributed by atoms with Crippen LogP contribution in [0, 0.1) is 19.8 Å². The molecule has 0 radical (unpaired) electrons. The van der Waals surface area contributed by atoms with E-state index in [9.17, 15) is 18.0 Å². The fraction of sp³-hybridized carbons (Fsp3) is 0.481. The van der Waals surface area contributed by atoms with Gasteiger partial charge in [-0.05, 0) is 61.1 Å². The minimum Gasteiger partial charge on any atom is -0.354 e. The third-order valence-electron chi connectivity index (χ3n) is 6.06. The van der Waals surface area contributed by atoms with Crippen LogP contribution in [0.5, 0.6) is 0 Å². The maximum Gasteiger partial charge on any atom is 0.304 e. The van der Waals surface area contributed by atoms with Crippen molar-refractivity contribution in [2.24, 2.45) is 5.92 Å². The number of hydrogen-bond acceptors (Lipinski definition) is 4. The third-order valence-corrected chi connectivity index (χ3v) is 8.60. The summed E-state index contributed by atoms with van der Waals surface area (Å²) in [6, 6.07) is 9.60. The van der Waals surface area contributed by atoms with Crippen LogP contribution in [-0.4, -0.2) is 62.7 Å². The van der Waals surface area contributed by atoms with E-state index < -0.39 is 28.7 Å². The molecular formula is C27H38Cl2N4O4S. The third kappa shape index (κ3) is 8.09. The first-order valence-electron chi connectivity index (χ1n) is 12.5. The molecule has 0 aliphatic rings. The zero-order chi connectivity index (χ0) is 28.8. The number of carbonyl (C=O) groups excluding carboxylic acids is 2. The summed E-state index contributed by atoms with van der Waals surface area (Å²) in [6.45, 7) is 9.43. The Morgan fingerprint density at radius 3 is 2.21 bits per heavy atom. The zero-order valence-corrected chi connectivity index (χ0v) is 25.4. The molecule has 0 aliphatic heterocycles. The molecule has 0 saturated heterocycles. The number of anilines is 1. The van der Waals surface area contributed by atoms with Crippen LogP contribution < -0.4 is 9.62 Å². The number of hydrogen-bond donors (Lipinski definition) is 1. The van der Waals surface area contributed by atoms with E-state index in [1.54, 1.807) is 31.2 Å². The second-order valence-corrected chi connectivity index (χ2v) is 12.8. The van der Waals surface area contributed by atoms with Crippen molar-refractivity contribution in [3.63, 3.8) is 0 Å². The lowest BCUT2D eigenvalue weighted by molar-refractivity contribution is -0.140. The van der Waals surface area contributed by atoms with Gasteiger partial charge in [0.15, 0.2) is 0 Å². The summed E-state index contributed by atoms with van der Waals surface area (Å²) in [5.74, 6) is -0.599. The summed E-state index contributed by atoms with van der Waals surface area (Å²) in [7, 11) is -1.21. The number of benzene rings is 2. The van der Waals surface area contributed by atoms with E-state index in [-0.39, 0.29) is 18.4 Å². The van der Waals surface area contributed by atoms with Crippen molar-refractivity contribution in [3.05, 3.63) is 63.1 Å². The minimum absolute atomic E-state index is 0.0476. The van der Waals surface area contributed by atoms with Gasteiger partial charge in [0.05, 0.1) is 15.7 Å². The highest BCUT2D eigenvalue weighted by Crippen LogP contribution is 2.27. The second kappa shape index (κ2) is 13.6. The Bertz CT molecular complexity index is 1250. The van der Waals surface area contributed by atoms with Gasteiger partial charge in [0, 0.05) is 27.2 Å². The van der Waals surface area contributed by atoms with Crippen LogP contribution in [0.2, 0.25) is 10.0 Å². The molecule has 8 nitrogen and oxygen atoms in total. The van der Waals surface area contributed by atoms with Crippen molar-refractivity contribution < 1.29 is 18.0 Å². The number of rotatable bonds is 12. The normalized spacial score (nSPS) is 12.5. The van der Waals surface area contributed by atoms with Gasteiger partial charge >= 0.3 is 10.2 Å². The van der Waals surface area contributed by atoms with Crippen LogP contribution in [0.25, 0.3) is 0 Å². The first-order chi connectivity index (χ1) is 17.7. The molecule has 1 atom stereocenters. The zero-order valence-electron chi connectivity index (χ0n) is 23.1. The van der Waals surface area contributed by atoms with Gasteiger partial charge in [-0.3, -0.25) is 9.59 Å². The van der Waals surface area contributed by atoms with Crippen molar-refractivity contribution in [2.45, 2.75) is 53.6 Å². The predicted octanol–water partition coefficient (Wildman–Crippen LogP) is 4.80. The quantitative estimate of drug-likeness (QED) is 0.388. The van der Waals surface area contributed by atoms with Crippen molar-refractivity contribution in [1.82, 2.24) is 14.5 Å². The molecule has 0 aromatic heterocycles. The molecule has 0 saturated carbocycles. The Morgan fingerprint density at radius 2 is 1.66 bits per heavy atom. The molecule has 2 aromatic carbocycles. The maximum absolute atomic E-state index is 14.0. The summed E-state index contributed by atoms with van der Waals surface area (Å²) in [6.07, 6.45) is 0.334. The van der Waals surface area contributed by atoms with Crippen molar-refractivity contribution >= 4 is 50.9 Å². The number of halogens is 2. The van der Waals surface area contributed by atoms with Crippen LogP contribution >= 0.6 is 23.2 Å². The van der Waals surface area contributed by atoms with Crippen LogP contribution in [0.1, 0.15) is 43.9 Å². The minimum atomic E-state index is -4.04. The first-order valence-corrected chi connectivity index (χ1v) is 14.6. The molecule has 0 unspecified atom stereocenters. The Labute approximate surface area is 237 Å². The van der Waals surface area contributed by atoms with Gasteiger partial charge in [-0.2, -0.15) is 12.7 Å². The number of aryl methyl sites for hydroxylation is 2. The number of amides is 2. The number of nitrogens with one attached hydrogen (secondary N) is 1. The standard InChI is InChI=1S/C27H38Cl2N4O4S/c1-8-24(27(35)30-15-18(2)3)32(16-21-11-12-22(28)23(29)14-21)26(34)17-33(38(36,37)31(6)7)25-13-19(4)9-10-20(25)5/h9-14,18,24H,8,15-17H2,1-7H3,(H,30,35)/t24-/m1/s1. The topological polar surface area (TPSA) is 90.0 Å². The van der Waals surface area contributed by atoms with E-state index in [0.29, 0.717) is 39.8 Å². The van der Waals surface area contributed by atoms with Crippen LogP contribution in [0.15, 0.2) is 36.4 Å². The molecule has 38 heavy (non-hydrogen) atoms. The molecule has 11 heteroatoms. The Hall–Kier alpha value is -2.33. The molecule has 2 rings (SSSR count). The van der Waals surface area contributed by atoms with Crippen LogP contribution in [0.4, 0.5) is 5.69 Å².